The third kappa shape index (κ3) is 5.12. The number of amides is 2. The van der Waals surface area contributed by atoms with Gasteiger partial charge < -0.3 is 14.6 Å². The van der Waals surface area contributed by atoms with Crippen LogP contribution in [0.2, 0.25) is 0 Å². The van der Waals surface area contributed by atoms with Gasteiger partial charge in [0.1, 0.15) is 5.76 Å². The Kier molecular flexibility index (Phi) is 6.62. The molecule has 0 saturated carbocycles. The molecular weight excluding hydrogens is 388 g/mol. The molecule has 4 rings (SSSR count). The molecule has 31 heavy (non-hydrogen) atoms. The first-order valence-electron chi connectivity index (χ1n) is 10.7. The van der Waals surface area contributed by atoms with Gasteiger partial charge in [-0.05, 0) is 48.7 Å². The second-order valence-electron chi connectivity index (χ2n) is 7.65. The Morgan fingerprint density at radius 1 is 0.839 bits per heavy atom. The third-order valence-electron chi connectivity index (χ3n) is 5.46. The number of benzene rings is 2. The molecule has 1 saturated heterocycles. The Bertz CT molecular complexity index is 1050. The number of likely N-dealkylation sites (tertiary alicyclic amines) is 1. The van der Waals surface area contributed by atoms with Crippen LogP contribution in [0.3, 0.4) is 0 Å². The lowest BCUT2D eigenvalue weighted by atomic mass is 10.0. The van der Waals surface area contributed by atoms with Crippen molar-refractivity contribution in [2.24, 2.45) is 0 Å². The molecule has 2 aromatic carbocycles. The number of nitrogens with zero attached hydrogens (tertiary/aromatic N) is 1. The lowest BCUT2D eigenvalue weighted by molar-refractivity contribution is -0.111. The van der Waals surface area contributed by atoms with Crippen LogP contribution in [0.1, 0.15) is 47.4 Å². The molecule has 0 bridgehead atoms. The summed E-state index contributed by atoms with van der Waals surface area (Å²) in [4.78, 5) is 28.4. The van der Waals surface area contributed by atoms with Crippen LogP contribution in [0.15, 0.2) is 77.4 Å². The van der Waals surface area contributed by atoms with Gasteiger partial charge in [-0.2, -0.15) is 0 Å². The number of para-hydroxylation sites is 1. The molecule has 1 N–H and O–H groups in total. The van der Waals surface area contributed by atoms with Crippen LogP contribution >= 0.6 is 0 Å². The maximum absolute atomic E-state index is 13.3. The van der Waals surface area contributed by atoms with E-state index in [1.807, 2.05) is 47.4 Å². The highest BCUT2D eigenvalue weighted by Gasteiger charge is 2.22. The summed E-state index contributed by atoms with van der Waals surface area (Å²) in [6, 6.07) is 20.2. The quantitative estimate of drug-likeness (QED) is 0.563. The molecule has 0 spiro atoms. The fraction of sp³-hybridized carbons (Fsp3) is 0.231. The van der Waals surface area contributed by atoms with Crippen LogP contribution in [0.4, 0.5) is 5.69 Å². The van der Waals surface area contributed by atoms with Crippen molar-refractivity contribution < 1.29 is 14.0 Å². The fourth-order valence-corrected chi connectivity index (χ4v) is 3.83. The predicted molar refractivity (Wildman–Crippen MR) is 122 cm³/mol. The molecule has 1 aliphatic rings. The molecule has 0 aliphatic carbocycles. The lowest BCUT2D eigenvalue weighted by Gasteiger charge is -2.22. The summed E-state index contributed by atoms with van der Waals surface area (Å²) < 4.78 is 5.42. The zero-order valence-electron chi connectivity index (χ0n) is 17.4. The van der Waals surface area contributed by atoms with Gasteiger partial charge in [0.2, 0.25) is 0 Å². The molecule has 1 aliphatic heterocycles. The van der Waals surface area contributed by atoms with Crippen molar-refractivity contribution in [3.8, 4) is 0 Å². The van der Waals surface area contributed by atoms with Crippen LogP contribution in [-0.2, 0) is 4.79 Å². The molecule has 3 aromatic rings. The maximum Gasteiger partial charge on any atom is 0.256 e. The minimum atomic E-state index is -0.293. The van der Waals surface area contributed by atoms with Crippen molar-refractivity contribution in [3.05, 3.63) is 89.9 Å². The summed E-state index contributed by atoms with van der Waals surface area (Å²) >= 11 is 0. The summed E-state index contributed by atoms with van der Waals surface area (Å²) in [6.45, 7) is 1.52. The summed E-state index contributed by atoms with van der Waals surface area (Å²) in [6.07, 6.45) is 7.63. The second-order valence-corrected chi connectivity index (χ2v) is 7.65. The van der Waals surface area contributed by atoms with E-state index in [1.54, 1.807) is 36.6 Å². The summed E-state index contributed by atoms with van der Waals surface area (Å²) in [5.74, 6) is 0.260. The van der Waals surface area contributed by atoms with Crippen LogP contribution in [0, 0.1) is 0 Å². The lowest BCUT2D eigenvalue weighted by Crippen LogP contribution is -2.32. The van der Waals surface area contributed by atoms with Gasteiger partial charge in [0, 0.05) is 13.1 Å². The summed E-state index contributed by atoms with van der Waals surface area (Å²) in [7, 11) is 0. The summed E-state index contributed by atoms with van der Waals surface area (Å²) in [5.41, 5.74) is 2.27. The summed E-state index contributed by atoms with van der Waals surface area (Å²) in [5, 5.41) is 2.96. The van der Waals surface area contributed by atoms with Gasteiger partial charge in [-0.3, -0.25) is 9.59 Å². The van der Waals surface area contributed by atoms with Gasteiger partial charge in [0.05, 0.1) is 23.1 Å². The number of anilines is 1. The van der Waals surface area contributed by atoms with Crippen molar-refractivity contribution >= 4 is 29.2 Å². The number of furan rings is 1. The number of rotatable bonds is 5. The van der Waals surface area contributed by atoms with E-state index in [2.05, 4.69) is 5.32 Å². The van der Waals surface area contributed by atoms with E-state index < -0.39 is 0 Å². The molecule has 5 heteroatoms. The molecule has 2 heterocycles. The van der Waals surface area contributed by atoms with E-state index >= 15 is 0 Å². The van der Waals surface area contributed by atoms with E-state index in [-0.39, 0.29) is 11.8 Å². The average Bonchev–Trinajstić information content (AvgIpc) is 3.17. The van der Waals surface area contributed by atoms with Crippen molar-refractivity contribution in [2.45, 2.75) is 25.7 Å². The highest BCUT2D eigenvalue weighted by Crippen LogP contribution is 2.24. The van der Waals surface area contributed by atoms with Crippen LogP contribution in [-0.4, -0.2) is 29.8 Å². The van der Waals surface area contributed by atoms with Crippen molar-refractivity contribution in [1.82, 2.24) is 4.90 Å². The van der Waals surface area contributed by atoms with Crippen LogP contribution < -0.4 is 5.32 Å². The smallest absolute Gasteiger partial charge is 0.256 e. The van der Waals surface area contributed by atoms with Crippen LogP contribution in [0.25, 0.3) is 11.6 Å². The van der Waals surface area contributed by atoms with Crippen LogP contribution in [0.5, 0.6) is 0 Å². The number of carbonyl (C=O) groups excluding carboxylic acids is 2. The number of hydrogen-bond acceptors (Lipinski definition) is 3. The first kappa shape index (κ1) is 20.7. The van der Waals surface area contributed by atoms with E-state index in [4.69, 9.17) is 4.42 Å². The molecule has 2 amide bonds. The van der Waals surface area contributed by atoms with E-state index in [0.29, 0.717) is 22.6 Å². The molecule has 5 nitrogen and oxygen atoms in total. The highest BCUT2D eigenvalue weighted by atomic mass is 16.3. The molecule has 1 aromatic heterocycles. The van der Waals surface area contributed by atoms with Gasteiger partial charge in [0.15, 0.2) is 0 Å². The second kappa shape index (κ2) is 9.94. The van der Waals surface area contributed by atoms with Crippen molar-refractivity contribution in [1.29, 1.82) is 0 Å². The molecule has 0 atom stereocenters. The maximum atomic E-state index is 13.3. The van der Waals surface area contributed by atoms with Gasteiger partial charge in [-0.15, -0.1) is 0 Å². The molecule has 0 radical (unpaired) electrons. The average molecular weight is 415 g/mol. The fourth-order valence-electron chi connectivity index (χ4n) is 3.83. The van der Waals surface area contributed by atoms with E-state index in [9.17, 15) is 9.59 Å². The Balaban J connectivity index is 1.62. The normalized spacial score (nSPS) is 14.7. The topological polar surface area (TPSA) is 62.6 Å². The molecule has 158 valence electrons. The highest BCUT2D eigenvalue weighted by molar-refractivity contribution is 6.29. The first-order chi connectivity index (χ1) is 15.2. The van der Waals surface area contributed by atoms with Gasteiger partial charge in [-0.1, -0.05) is 55.3 Å². The zero-order valence-corrected chi connectivity index (χ0v) is 17.4. The van der Waals surface area contributed by atoms with E-state index in [0.717, 1.165) is 44.3 Å². The van der Waals surface area contributed by atoms with Crippen molar-refractivity contribution in [2.75, 3.05) is 18.4 Å². The van der Waals surface area contributed by atoms with Gasteiger partial charge >= 0.3 is 0 Å². The Labute approximate surface area is 182 Å². The zero-order chi connectivity index (χ0) is 21.5. The monoisotopic (exact) mass is 414 g/mol. The number of hydrogen-bond donors (Lipinski definition) is 1. The van der Waals surface area contributed by atoms with Gasteiger partial charge in [-0.25, -0.2) is 0 Å². The van der Waals surface area contributed by atoms with Gasteiger partial charge in [0.25, 0.3) is 11.8 Å². The Morgan fingerprint density at radius 2 is 1.55 bits per heavy atom. The van der Waals surface area contributed by atoms with Crippen molar-refractivity contribution in [3.63, 3.8) is 0 Å². The Hall–Kier alpha value is -3.60. The standard InChI is InChI=1S/C26H26N2O3/c29-25(23(19-21-13-10-18-31-21)20-11-4-3-5-12-20)27-24-15-7-6-14-22(24)26(30)28-16-8-1-2-9-17-28/h3-7,10-15,18-19H,1-2,8-9,16-17H2,(H,27,29). The predicted octanol–water partition coefficient (Wildman–Crippen LogP) is 5.48. The van der Waals surface area contributed by atoms with E-state index in [1.165, 1.54) is 0 Å². The third-order valence-corrected chi connectivity index (χ3v) is 5.46. The molecular formula is C26H26N2O3. The SMILES string of the molecule is O=C(Nc1ccccc1C(=O)N1CCCCCC1)C(=Cc1ccco1)c1ccccc1. The first-order valence-corrected chi connectivity index (χ1v) is 10.7. The Morgan fingerprint density at radius 3 is 2.26 bits per heavy atom. The minimum Gasteiger partial charge on any atom is -0.465 e. The number of nitrogens with one attached hydrogen (secondary N) is 1. The molecule has 0 unspecified atom stereocenters. The minimum absolute atomic E-state index is 0.0333. The number of carbonyl (C=O) groups is 2. The largest absolute Gasteiger partial charge is 0.465 e. The molecule has 1 fully saturated rings.